The lowest BCUT2D eigenvalue weighted by Gasteiger charge is -2.24. The molecule has 1 saturated heterocycles. The first-order chi connectivity index (χ1) is 17.3. The van der Waals surface area contributed by atoms with Gasteiger partial charge in [0.2, 0.25) is 0 Å². The smallest absolute Gasteiger partial charge is 0.380 e. The van der Waals surface area contributed by atoms with Crippen LogP contribution in [0.2, 0.25) is 5.02 Å². The number of ketones is 1. The lowest BCUT2D eigenvalue weighted by atomic mass is 9.96. The van der Waals surface area contributed by atoms with Gasteiger partial charge >= 0.3 is 5.92 Å². The molecule has 0 saturated carbocycles. The maximum atomic E-state index is 15.0. The van der Waals surface area contributed by atoms with Crippen LogP contribution in [0.25, 0.3) is 11.0 Å². The highest BCUT2D eigenvalue weighted by Crippen LogP contribution is 2.34. The predicted molar refractivity (Wildman–Crippen MR) is 129 cm³/mol. The molecule has 5 rings (SSSR count). The Morgan fingerprint density at radius 1 is 1.03 bits per heavy atom. The second-order valence-corrected chi connectivity index (χ2v) is 9.44. The van der Waals surface area contributed by atoms with E-state index in [9.17, 15) is 18.4 Å². The summed E-state index contributed by atoms with van der Waals surface area (Å²) < 4.78 is 46.3. The monoisotopic (exact) mass is 518 g/mol. The predicted octanol–water partition coefficient (Wildman–Crippen LogP) is 4.66. The summed E-state index contributed by atoms with van der Waals surface area (Å²) in [5.41, 5.74) is 0.571. The number of furan rings is 1. The van der Waals surface area contributed by atoms with Crippen molar-refractivity contribution in [2.24, 2.45) is 5.92 Å². The average molecular weight is 519 g/mol. The minimum atomic E-state index is -3.93. The number of nitrogens with zero attached hydrogens (tertiary/aromatic N) is 1. The maximum Gasteiger partial charge on any atom is 0.380 e. The molecule has 0 radical (unpaired) electrons. The summed E-state index contributed by atoms with van der Waals surface area (Å²) in [7, 11) is 0. The quantitative estimate of drug-likeness (QED) is 0.437. The van der Waals surface area contributed by atoms with E-state index in [1.54, 1.807) is 18.2 Å². The molecule has 7 nitrogen and oxygen atoms in total. The lowest BCUT2D eigenvalue weighted by molar-refractivity contribution is -0.149. The number of rotatable bonds is 8. The van der Waals surface area contributed by atoms with Crippen molar-refractivity contribution in [3.63, 3.8) is 0 Å². The number of carbonyl (C=O) groups is 2. The number of ether oxygens (including phenoxy) is 2. The van der Waals surface area contributed by atoms with Crippen molar-refractivity contribution in [3.05, 3.63) is 58.8 Å². The van der Waals surface area contributed by atoms with Crippen LogP contribution < -0.4 is 14.8 Å². The van der Waals surface area contributed by atoms with Crippen LogP contribution in [0, 0.1) is 5.92 Å². The summed E-state index contributed by atoms with van der Waals surface area (Å²) >= 11 is 5.92. The molecule has 2 aromatic carbocycles. The zero-order valence-corrected chi connectivity index (χ0v) is 20.2. The van der Waals surface area contributed by atoms with Gasteiger partial charge in [-0.15, -0.1) is 0 Å². The zero-order chi connectivity index (χ0) is 25.3. The van der Waals surface area contributed by atoms with E-state index in [0.717, 1.165) is 32.0 Å². The minimum absolute atomic E-state index is 0.197. The molecule has 36 heavy (non-hydrogen) atoms. The van der Waals surface area contributed by atoms with E-state index >= 15 is 0 Å². The number of nitrogens with one attached hydrogen (secondary N) is 1. The Kier molecular flexibility index (Phi) is 6.85. The number of hydrogen-bond donors (Lipinski definition) is 1. The Labute approximate surface area is 211 Å². The van der Waals surface area contributed by atoms with Gasteiger partial charge in [-0.05, 0) is 68.4 Å². The van der Waals surface area contributed by atoms with Gasteiger partial charge in [0.25, 0.3) is 5.91 Å². The molecule has 0 bridgehead atoms. The minimum Gasteiger partial charge on any atom is -0.486 e. The third-order valence-corrected chi connectivity index (χ3v) is 6.69. The Balaban J connectivity index is 1.32. The van der Waals surface area contributed by atoms with E-state index in [0.29, 0.717) is 47.2 Å². The standard InChI is InChI=1S/C26H25ClF2N2O5/c27-19-4-6-20-17(11-19)13-23(36-20)26(28,29)25(33)30-14-18(15-31-7-1-2-8-31)24(32)16-3-5-21-22(12-16)35-10-9-34-21/h3-6,11-13,18H,1-2,7-10,14-15H2,(H,30,33)/t18-/m0/s1. The molecule has 1 amide bonds. The summed E-state index contributed by atoms with van der Waals surface area (Å²) in [6, 6.07) is 10.5. The maximum absolute atomic E-state index is 15.0. The van der Waals surface area contributed by atoms with Gasteiger partial charge in [0, 0.05) is 29.1 Å². The highest BCUT2D eigenvalue weighted by molar-refractivity contribution is 6.31. The molecule has 2 aliphatic rings. The molecule has 3 heterocycles. The van der Waals surface area contributed by atoms with Crippen LogP contribution in [-0.4, -0.2) is 56.0 Å². The van der Waals surface area contributed by atoms with Crippen molar-refractivity contribution >= 4 is 34.3 Å². The number of Topliss-reactive ketones (excluding diaryl/α,β-unsaturated/α-hetero) is 1. The van der Waals surface area contributed by atoms with Crippen molar-refractivity contribution in [2.45, 2.75) is 18.8 Å². The summed E-state index contributed by atoms with van der Waals surface area (Å²) in [6.45, 7) is 2.54. The molecule has 1 N–H and O–H groups in total. The van der Waals surface area contributed by atoms with Gasteiger partial charge in [-0.1, -0.05) is 11.6 Å². The number of alkyl halides is 2. The van der Waals surface area contributed by atoms with Gasteiger partial charge in [0.05, 0.1) is 5.92 Å². The summed E-state index contributed by atoms with van der Waals surface area (Å²) in [6.07, 6.45) is 2.01. The SMILES string of the molecule is O=C(c1ccc2c(c1)OCCO2)[C@@H](CNC(=O)C(F)(F)c1cc2cc(Cl)ccc2o1)CN1CCCC1. The summed E-state index contributed by atoms with van der Waals surface area (Å²) in [5.74, 6) is -6.22. The molecule has 0 spiro atoms. The Morgan fingerprint density at radius 3 is 2.56 bits per heavy atom. The molecule has 1 aromatic heterocycles. The molecule has 2 aliphatic heterocycles. The van der Waals surface area contributed by atoms with Crippen LogP contribution in [0.5, 0.6) is 11.5 Å². The van der Waals surface area contributed by atoms with Crippen molar-refractivity contribution in [2.75, 3.05) is 39.4 Å². The zero-order valence-electron chi connectivity index (χ0n) is 19.4. The van der Waals surface area contributed by atoms with E-state index in [1.165, 1.54) is 18.2 Å². The first-order valence-corrected chi connectivity index (χ1v) is 12.2. The Bertz CT molecular complexity index is 1290. The Hall–Kier alpha value is -3.17. The number of fused-ring (bicyclic) bond motifs is 2. The van der Waals surface area contributed by atoms with E-state index < -0.39 is 23.5 Å². The highest BCUT2D eigenvalue weighted by Gasteiger charge is 2.45. The van der Waals surface area contributed by atoms with Crippen molar-refractivity contribution in [3.8, 4) is 11.5 Å². The molecule has 10 heteroatoms. The highest BCUT2D eigenvalue weighted by atomic mass is 35.5. The van der Waals surface area contributed by atoms with E-state index in [1.807, 2.05) is 0 Å². The van der Waals surface area contributed by atoms with Gasteiger partial charge in [-0.2, -0.15) is 8.78 Å². The lowest BCUT2D eigenvalue weighted by Crippen LogP contribution is -2.44. The second-order valence-electron chi connectivity index (χ2n) is 9.00. The summed E-state index contributed by atoms with van der Waals surface area (Å²) in [4.78, 5) is 28.1. The fourth-order valence-corrected chi connectivity index (χ4v) is 4.74. The molecule has 0 unspecified atom stereocenters. The summed E-state index contributed by atoms with van der Waals surface area (Å²) in [5, 5.41) is 3.02. The van der Waals surface area contributed by atoms with Crippen LogP contribution in [0.3, 0.4) is 0 Å². The van der Waals surface area contributed by atoms with Crippen LogP contribution >= 0.6 is 11.6 Å². The van der Waals surface area contributed by atoms with E-state index in [2.05, 4.69) is 10.2 Å². The van der Waals surface area contributed by atoms with Gasteiger partial charge in [-0.3, -0.25) is 9.59 Å². The number of halogens is 3. The van der Waals surface area contributed by atoms with Crippen LogP contribution in [0.15, 0.2) is 46.9 Å². The third-order valence-electron chi connectivity index (χ3n) is 6.46. The molecule has 1 atom stereocenters. The fraction of sp³-hybridized carbons (Fsp3) is 0.385. The molecular formula is C26H25ClF2N2O5. The fourth-order valence-electron chi connectivity index (χ4n) is 4.56. The second kappa shape index (κ2) is 10.1. The van der Waals surface area contributed by atoms with Crippen LogP contribution in [0.1, 0.15) is 29.0 Å². The normalized spacial score (nSPS) is 16.8. The third kappa shape index (κ3) is 5.03. The van der Waals surface area contributed by atoms with Gasteiger partial charge in [-0.25, -0.2) is 0 Å². The van der Waals surface area contributed by atoms with Gasteiger partial charge in [0.1, 0.15) is 18.8 Å². The number of carbonyl (C=O) groups excluding carboxylic acids is 2. The molecule has 190 valence electrons. The van der Waals surface area contributed by atoms with Crippen molar-refractivity contribution in [1.29, 1.82) is 0 Å². The molecular weight excluding hydrogens is 494 g/mol. The number of benzene rings is 2. The topological polar surface area (TPSA) is 81.0 Å². The van der Waals surface area contributed by atoms with Crippen molar-refractivity contribution < 1.29 is 32.3 Å². The molecule has 3 aromatic rings. The van der Waals surface area contributed by atoms with E-state index in [4.69, 9.17) is 25.5 Å². The van der Waals surface area contributed by atoms with Crippen LogP contribution in [0.4, 0.5) is 8.78 Å². The largest absolute Gasteiger partial charge is 0.486 e. The number of likely N-dealkylation sites (tertiary alicyclic amines) is 1. The average Bonchev–Trinajstić information content (AvgIpc) is 3.55. The van der Waals surface area contributed by atoms with E-state index in [-0.39, 0.29) is 17.9 Å². The number of hydrogen-bond acceptors (Lipinski definition) is 6. The Morgan fingerprint density at radius 2 is 1.78 bits per heavy atom. The first-order valence-electron chi connectivity index (χ1n) is 11.8. The van der Waals surface area contributed by atoms with Gasteiger partial charge < -0.3 is 24.1 Å². The van der Waals surface area contributed by atoms with Crippen LogP contribution in [-0.2, 0) is 10.7 Å². The van der Waals surface area contributed by atoms with Gasteiger partial charge in [0.15, 0.2) is 23.0 Å². The number of amides is 1. The van der Waals surface area contributed by atoms with Crippen molar-refractivity contribution in [1.82, 2.24) is 10.2 Å². The molecule has 1 fully saturated rings. The molecule has 0 aliphatic carbocycles. The first kappa shape index (κ1) is 24.5.